The van der Waals surface area contributed by atoms with E-state index in [-0.39, 0.29) is 0 Å². The second-order valence-corrected chi connectivity index (χ2v) is 4.69. The van der Waals surface area contributed by atoms with Crippen molar-refractivity contribution in [2.75, 3.05) is 5.73 Å². The number of nitrogens with zero attached hydrogens (tertiary/aromatic N) is 2. The van der Waals surface area contributed by atoms with Gasteiger partial charge in [0.15, 0.2) is 16.8 Å². The fourth-order valence-electron chi connectivity index (χ4n) is 2.35. The molecule has 102 valence electrons. The molecule has 0 unspecified atom stereocenters. The van der Waals surface area contributed by atoms with Gasteiger partial charge < -0.3 is 10.5 Å². The number of aromatic nitrogens is 2. The average molecular weight is 277 g/mol. The summed E-state index contributed by atoms with van der Waals surface area (Å²) in [5.41, 5.74) is 7.37. The number of nitrogens with two attached hydrogens (primary N) is 1. The van der Waals surface area contributed by atoms with E-state index in [2.05, 4.69) is 10.3 Å². The number of fused-ring (bicyclic) bond motifs is 2. The Morgan fingerprint density at radius 3 is 2.57 bits per heavy atom. The van der Waals surface area contributed by atoms with Gasteiger partial charge in [-0.05, 0) is 33.9 Å². The van der Waals surface area contributed by atoms with E-state index in [9.17, 15) is 0 Å². The SMILES string of the molecule is Nc1ccc(Oc2cccc3ccccc23)c2nonc12. The van der Waals surface area contributed by atoms with Crippen LogP contribution >= 0.6 is 0 Å². The molecule has 0 fully saturated rings. The van der Waals surface area contributed by atoms with Gasteiger partial charge in [-0.3, -0.25) is 0 Å². The lowest BCUT2D eigenvalue weighted by atomic mass is 10.1. The highest BCUT2D eigenvalue weighted by atomic mass is 16.6. The van der Waals surface area contributed by atoms with Gasteiger partial charge in [-0.2, -0.15) is 0 Å². The summed E-state index contributed by atoms with van der Waals surface area (Å²) in [6.07, 6.45) is 0. The normalized spacial score (nSPS) is 11.0. The van der Waals surface area contributed by atoms with Crippen LogP contribution in [-0.2, 0) is 0 Å². The Morgan fingerprint density at radius 2 is 1.62 bits per heavy atom. The molecule has 0 aliphatic rings. The average Bonchev–Trinajstić information content (AvgIpc) is 3.01. The molecule has 0 saturated carbocycles. The van der Waals surface area contributed by atoms with E-state index in [0.29, 0.717) is 22.5 Å². The number of nitrogen functional groups attached to an aromatic ring is 1. The van der Waals surface area contributed by atoms with Crippen LogP contribution in [0.3, 0.4) is 0 Å². The topological polar surface area (TPSA) is 74.2 Å². The molecular weight excluding hydrogens is 266 g/mol. The summed E-state index contributed by atoms with van der Waals surface area (Å²) in [7, 11) is 0. The molecule has 1 aromatic heterocycles. The second-order valence-electron chi connectivity index (χ2n) is 4.69. The zero-order chi connectivity index (χ0) is 14.2. The van der Waals surface area contributed by atoms with E-state index in [4.69, 9.17) is 15.1 Å². The Hall–Kier alpha value is -3.08. The minimum absolute atomic E-state index is 0.507. The third kappa shape index (κ3) is 1.87. The lowest BCUT2D eigenvalue weighted by molar-refractivity contribution is 0.314. The lowest BCUT2D eigenvalue weighted by Gasteiger charge is -2.09. The standard InChI is InChI=1S/C16H11N3O2/c17-12-8-9-14(16-15(12)18-21-19-16)20-13-7-3-5-10-4-1-2-6-11(10)13/h1-9H,17H2. The van der Waals surface area contributed by atoms with E-state index in [0.717, 1.165) is 16.5 Å². The Labute approximate surface area is 119 Å². The summed E-state index contributed by atoms with van der Waals surface area (Å²) in [5, 5.41) is 9.80. The molecule has 0 aliphatic heterocycles. The first-order valence-electron chi connectivity index (χ1n) is 6.49. The van der Waals surface area contributed by atoms with Crippen LogP contribution in [0.5, 0.6) is 11.5 Å². The van der Waals surface area contributed by atoms with Crippen LogP contribution in [0.15, 0.2) is 59.2 Å². The summed E-state index contributed by atoms with van der Waals surface area (Å²) in [6, 6.07) is 17.4. The first-order valence-corrected chi connectivity index (χ1v) is 6.49. The van der Waals surface area contributed by atoms with Crippen molar-refractivity contribution < 1.29 is 9.37 Å². The molecule has 5 nitrogen and oxygen atoms in total. The van der Waals surface area contributed by atoms with Crippen molar-refractivity contribution in [3.8, 4) is 11.5 Å². The zero-order valence-electron chi connectivity index (χ0n) is 11.0. The maximum Gasteiger partial charge on any atom is 0.179 e. The predicted molar refractivity (Wildman–Crippen MR) is 80.2 cm³/mol. The van der Waals surface area contributed by atoms with Gasteiger partial charge >= 0.3 is 0 Å². The number of hydrogen-bond donors (Lipinski definition) is 1. The molecule has 21 heavy (non-hydrogen) atoms. The van der Waals surface area contributed by atoms with Crippen LogP contribution in [0, 0.1) is 0 Å². The number of benzene rings is 3. The van der Waals surface area contributed by atoms with Crippen molar-refractivity contribution in [3.05, 3.63) is 54.6 Å². The van der Waals surface area contributed by atoms with Gasteiger partial charge in [0.2, 0.25) is 0 Å². The zero-order valence-corrected chi connectivity index (χ0v) is 11.0. The maximum atomic E-state index is 6.00. The number of anilines is 1. The molecule has 1 heterocycles. The van der Waals surface area contributed by atoms with E-state index in [1.54, 1.807) is 12.1 Å². The minimum Gasteiger partial charge on any atom is -0.454 e. The van der Waals surface area contributed by atoms with Gasteiger partial charge in [-0.15, -0.1) is 0 Å². The summed E-state index contributed by atoms with van der Waals surface area (Å²) < 4.78 is 10.8. The molecular formula is C16H11N3O2. The Balaban J connectivity index is 1.87. The van der Waals surface area contributed by atoms with Crippen LogP contribution in [-0.4, -0.2) is 10.3 Å². The van der Waals surface area contributed by atoms with E-state index >= 15 is 0 Å². The maximum absolute atomic E-state index is 6.00. The van der Waals surface area contributed by atoms with Gasteiger partial charge in [0.05, 0.1) is 5.69 Å². The van der Waals surface area contributed by atoms with Gasteiger partial charge in [0, 0.05) is 5.39 Å². The monoisotopic (exact) mass is 277 g/mol. The van der Waals surface area contributed by atoms with E-state index < -0.39 is 0 Å². The number of ether oxygens (including phenoxy) is 1. The smallest absolute Gasteiger partial charge is 0.179 e. The number of rotatable bonds is 2. The predicted octanol–water partition coefficient (Wildman–Crippen LogP) is 3.75. The highest BCUT2D eigenvalue weighted by molar-refractivity contribution is 5.92. The first-order chi connectivity index (χ1) is 10.3. The van der Waals surface area contributed by atoms with Gasteiger partial charge in [-0.25, -0.2) is 4.63 Å². The Kier molecular flexibility index (Phi) is 2.50. The second kappa shape index (κ2) is 4.49. The van der Waals surface area contributed by atoms with Crippen LogP contribution in [0.4, 0.5) is 5.69 Å². The summed E-state index contributed by atoms with van der Waals surface area (Å²) in [4.78, 5) is 0. The highest BCUT2D eigenvalue weighted by Crippen LogP contribution is 2.34. The summed E-state index contributed by atoms with van der Waals surface area (Å²) >= 11 is 0. The van der Waals surface area contributed by atoms with Crippen molar-refractivity contribution >= 4 is 27.5 Å². The first kappa shape index (κ1) is 11.7. The van der Waals surface area contributed by atoms with Crippen LogP contribution in [0.2, 0.25) is 0 Å². The fourth-order valence-corrected chi connectivity index (χ4v) is 2.35. The molecule has 5 heteroatoms. The molecule has 3 aromatic carbocycles. The van der Waals surface area contributed by atoms with Crippen molar-refractivity contribution in [2.24, 2.45) is 0 Å². The molecule has 0 amide bonds. The van der Waals surface area contributed by atoms with Crippen LogP contribution in [0.1, 0.15) is 0 Å². The molecule has 4 aromatic rings. The van der Waals surface area contributed by atoms with Gasteiger partial charge in [0.1, 0.15) is 5.75 Å². The van der Waals surface area contributed by atoms with Crippen molar-refractivity contribution in [2.45, 2.75) is 0 Å². The minimum atomic E-state index is 0.507. The van der Waals surface area contributed by atoms with Gasteiger partial charge in [-0.1, -0.05) is 36.4 Å². The molecule has 0 bridgehead atoms. The molecule has 2 N–H and O–H groups in total. The van der Waals surface area contributed by atoms with Gasteiger partial charge in [0.25, 0.3) is 0 Å². The van der Waals surface area contributed by atoms with Crippen molar-refractivity contribution in [3.63, 3.8) is 0 Å². The van der Waals surface area contributed by atoms with Crippen molar-refractivity contribution in [1.82, 2.24) is 10.3 Å². The largest absolute Gasteiger partial charge is 0.454 e. The summed E-state index contributed by atoms with van der Waals surface area (Å²) in [5.74, 6) is 1.32. The molecule has 0 saturated heterocycles. The van der Waals surface area contributed by atoms with E-state index in [1.807, 2.05) is 42.5 Å². The Morgan fingerprint density at radius 1 is 0.810 bits per heavy atom. The molecule has 4 rings (SSSR count). The lowest BCUT2D eigenvalue weighted by Crippen LogP contribution is -1.91. The number of hydrogen-bond acceptors (Lipinski definition) is 5. The molecule has 0 aliphatic carbocycles. The Bertz CT molecular complexity index is 941. The van der Waals surface area contributed by atoms with E-state index in [1.165, 1.54) is 0 Å². The third-order valence-corrected chi connectivity index (χ3v) is 3.38. The van der Waals surface area contributed by atoms with Crippen LogP contribution in [0.25, 0.3) is 21.8 Å². The third-order valence-electron chi connectivity index (χ3n) is 3.38. The summed E-state index contributed by atoms with van der Waals surface area (Å²) in [6.45, 7) is 0. The highest BCUT2D eigenvalue weighted by Gasteiger charge is 2.12. The molecule has 0 spiro atoms. The van der Waals surface area contributed by atoms with Crippen molar-refractivity contribution in [1.29, 1.82) is 0 Å². The quantitative estimate of drug-likeness (QED) is 0.565. The fraction of sp³-hybridized carbons (Fsp3) is 0. The molecule has 0 radical (unpaired) electrons. The molecule has 0 atom stereocenters. The van der Waals surface area contributed by atoms with Crippen LogP contribution < -0.4 is 10.5 Å².